The number of amides is 1. The summed E-state index contributed by atoms with van der Waals surface area (Å²) in [5.74, 6) is -0.128. The Kier molecular flexibility index (Phi) is 4.67. The van der Waals surface area contributed by atoms with E-state index in [4.69, 9.17) is 11.6 Å². The van der Waals surface area contributed by atoms with Crippen LogP contribution in [0.1, 0.15) is 18.5 Å². The Morgan fingerprint density at radius 2 is 1.92 bits per heavy atom. The largest absolute Gasteiger partial charge is 0.348 e. The van der Waals surface area contributed by atoms with Gasteiger partial charge in [-0.3, -0.25) is 9.59 Å². The van der Waals surface area contributed by atoms with Gasteiger partial charge in [0.1, 0.15) is 6.54 Å². The summed E-state index contributed by atoms with van der Waals surface area (Å²) in [5.41, 5.74) is 1.60. The predicted octanol–water partition coefficient (Wildman–Crippen LogP) is 3.53. The molecule has 0 fully saturated rings. The first-order valence-electron chi connectivity index (χ1n) is 7.67. The van der Waals surface area contributed by atoms with Crippen molar-refractivity contribution in [2.24, 2.45) is 0 Å². The van der Waals surface area contributed by atoms with E-state index in [9.17, 15) is 9.59 Å². The third kappa shape index (κ3) is 3.49. The monoisotopic (exact) mass is 340 g/mol. The molecule has 3 rings (SSSR count). The summed E-state index contributed by atoms with van der Waals surface area (Å²) >= 11 is 6.03. The number of carbonyl (C=O) groups is 1. The highest BCUT2D eigenvalue weighted by atomic mass is 35.5. The van der Waals surface area contributed by atoms with Crippen LogP contribution in [0, 0.1) is 0 Å². The summed E-state index contributed by atoms with van der Waals surface area (Å²) in [6, 6.07) is 16.2. The predicted molar refractivity (Wildman–Crippen MR) is 96.2 cm³/mol. The van der Waals surface area contributed by atoms with Gasteiger partial charge in [0, 0.05) is 22.7 Å². The molecule has 0 bridgehead atoms. The van der Waals surface area contributed by atoms with Crippen LogP contribution in [-0.2, 0) is 11.3 Å². The molecule has 0 aliphatic rings. The standard InChI is InChI=1S/C19H17ClN2O2/c1-13(14-5-3-2-4-6-14)21-19(24)12-22-10-9-18(23)16-8-7-15(20)11-17(16)22/h2-11,13H,12H2,1H3,(H,21,24)/t13-/m0/s1. The SMILES string of the molecule is C[C@H](NC(=O)Cn1ccc(=O)c2ccc(Cl)cc21)c1ccccc1. The Bertz CT molecular complexity index is 935. The Morgan fingerprint density at radius 1 is 1.17 bits per heavy atom. The van der Waals surface area contributed by atoms with E-state index >= 15 is 0 Å². The van der Waals surface area contributed by atoms with Crippen molar-refractivity contribution in [1.29, 1.82) is 0 Å². The zero-order chi connectivity index (χ0) is 17.1. The highest BCUT2D eigenvalue weighted by Crippen LogP contribution is 2.17. The van der Waals surface area contributed by atoms with Crippen molar-refractivity contribution in [2.45, 2.75) is 19.5 Å². The van der Waals surface area contributed by atoms with E-state index in [1.165, 1.54) is 6.07 Å². The van der Waals surface area contributed by atoms with E-state index in [0.29, 0.717) is 15.9 Å². The molecule has 1 N–H and O–H groups in total. The van der Waals surface area contributed by atoms with Crippen LogP contribution in [0.3, 0.4) is 0 Å². The average Bonchev–Trinajstić information content (AvgIpc) is 2.58. The van der Waals surface area contributed by atoms with Gasteiger partial charge in [-0.05, 0) is 30.7 Å². The summed E-state index contributed by atoms with van der Waals surface area (Å²) in [7, 11) is 0. The molecule has 2 aromatic carbocycles. The Labute approximate surface area is 144 Å². The zero-order valence-electron chi connectivity index (χ0n) is 13.2. The van der Waals surface area contributed by atoms with E-state index in [1.54, 1.807) is 29.0 Å². The molecule has 4 nitrogen and oxygen atoms in total. The van der Waals surface area contributed by atoms with E-state index in [1.807, 2.05) is 37.3 Å². The number of aromatic nitrogens is 1. The van der Waals surface area contributed by atoms with Crippen molar-refractivity contribution >= 4 is 28.4 Å². The van der Waals surface area contributed by atoms with Crippen molar-refractivity contribution in [3.8, 4) is 0 Å². The smallest absolute Gasteiger partial charge is 0.240 e. The van der Waals surface area contributed by atoms with Crippen LogP contribution in [0.25, 0.3) is 10.9 Å². The van der Waals surface area contributed by atoms with Crippen LogP contribution in [0.2, 0.25) is 5.02 Å². The molecule has 1 atom stereocenters. The van der Waals surface area contributed by atoms with Gasteiger partial charge in [0.25, 0.3) is 0 Å². The summed E-state index contributed by atoms with van der Waals surface area (Å²) in [5, 5.41) is 4.04. The number of rotatable bonds is 4. The molecule has 0 aliphatic heterocycles. The first-order chi connectivity index (χ1) is 11.5. The highest BCUT2D eigenvalue weighted by Gasteiger charge is 2.11. The lowest BCUT2D eigenvalue weighted by Crippen LogP contribution is -2.30. The normalized spacial score (nSPS) is 12.1. The van der Waals surface area contributed by atoms with Gasteiger partial charge in [-0.25, -0.2) is 0 Å². The number of hydrogen-bond acceptors (Lipinski definition) is 2. The molecule has 3 aromatic rings. The maximum atomic E-state index is 12.4. The lowest BCUT2D eigenvalue weighted by molar-refractivity contribution is -0.122. The molecule has 1 amide bonds. The minimum Gasteiger partial charge on any atom is -0.348 e. The second-order valence-corrected chi connectivity index (χ2v) is 6.11. The molecule has 1 aromatic heterocycles. The van der Waals surface area contributed by atoms with E-state index in [0.717, 1.165) is 5.56 Å². The van der Waals surface area contributed by atoms with Gasteiger partial charge >= 0.3 is 0 Å². The maximum absolute atomic E-state index is 12.4. The molecule has 0 spiro atoms. The van der Waals surface area contributed by atoms with Crippen molar-refractivity contribution < 1.29 is 4.79 Å². The van der Waals surface area contributed by atoms with E-state index in [-0.39, 0.29) is 23.9 Å². The topological polar surface area (TPSA) is 51.1 Å². The van der Waals surface area contributed by atoms with Gasteiger partial charge in [0.2, 0.25) is 5.91 Å². The number of carbonyl (C=O) groups excluding carboxylic acids is 1. The van der Waals surface area contributed by atoms with Crippen LogP contribution < -0.4 is 10.7 Å². The molecule has 24 heavy (non-hydrogen) atoms. The third-order valence-electron chi connectivity index (χ3n) is 3.93. The Hall–Kier alpha value is -2.59. The van der Waals surface area contributed by atoms with Crippen molar-refractivity contribution in [1.82, 2.24) is 9.88 Å². The Balaban J connectivity index is 1.82. The van der Waals surface area contributed by atoms with Gasteiger partial charge in [-0.2, -0.15) is 0 Å². The number of nitrogens with zero attached hydrogens (tertiary/aromatic N) is 1. The molecule has 122 valence electrons. The summed E-state index contributed by atoms with van der Waals surface area (Å²) in [6.45, 7) is 2.06. The van der Waals surface area contributed by atoms with Gasteiger partial charge in [-0.1, -0.05) is 41.9 Å². The van der Waals surface area contributed by atoms with Gasteiger partial charge in [0.15, 0.2) is 5.43 Å². The van der Waals surface area contributed by atoms with E-state index in [2.05, 4.69) is 5.32 Å². The third-order valence-corrected chi connectivity index (χ3v) is 4.17. The van der Waals surface area contributed by atoms with Crippen LogP contribution in [0.5, 0.6) is 0 Å². The highest BCUT2D eigenvalue weighted by molar-refractivity contribution is 6.31. The second kappa shape index (κ2) is 6.89. The molecule has 0 radical (unpaired) electrons. The zero-order valence-corrected chi connectivity index (χ0v) is 14.0. The minimum atomic E-state index is -0.128. The van der Waals surface area contributed by atoms with Gasteiger partial charge < -0.3 is 9.88 Å². The van der Waals surface area contributed by atoms with Crippen molar-refractivity contribution in [3.63, 3.8) is 0 Å². The van der Waals surface area contributed by atoms with Crippen LogP contribution in [0.15, 0.2) is 65.6 Å². The summed E-state index contributed by atoms with van der Waals surface area (Å²) in [4.78, 5) is 24.3. The van der Waals surface area contributed by atoms with Crippen molar-refractivity contribution in [2.75, 3.05) is 0 Å². The quantitative estimate of drug-likeness (QED) is 0.790. The number of benzene rings is 2. The molecular formula is C19H17ClN2O2. The van der Waals surface area contributed by atoms with Crippen LogP contribution in [-0.4, -0.2) is 10.5 Å². The minimum absolute atomic E-state index is 0.0871. The van der Waals surface area contributed by atoms with Gasteiger partial charge in [-0.15, -0.1) is 0 Å². The summed E-state index contributed by atoms with van der Waals surface area (Å²) < 4.78 is 1.73. The second-order valence-electron chi connectivity index (χ2n) is 5.67. The maximum Gasteiger partial charge on any atom is 0.240 e. The van der Waals surface area contributed by atoms with Crippen LogP contribution >= 0.6 is 11.6 Å². The fourth-order valence-electron chi connectivity index (χ4n) is 2.68. The van der Waals surface area contributed by atoms with E-state index < -0.39 is 0 Å². The Morgan fingerprint density at radius 3 is 2.67 bits per heavy atom. The fourth-order valence-corrected chi connectivity index (χ4v) is 2.85. The molecule has 0 saturated heterocycles. The lowest BCUT2D eigenvalue weighted by atomic mass is 10.1. The first kappa shape index (κ1) is 16.3. The molecule has 0 aliphatic carbocycles. The molecular weight excluding hydrogens is 324 g/mol. The molecule has 1 heterocycles. The molecule has 0 saturated carbocycles. The number of pyridine rings is 1. The first-order valence-corrected chi connectivity index (χ1v) is 8.05. The molecule has 0 unspecified atom stereocenters. The fraction of sp³-hybridized carbons (Fsp3) is 0.158. The van der Waals surface area contributed by atoms with Crippen LogP contribution in [0.4, 0.5) is 0 Å². The van der Waals surface area contributed by atoms with Gasteiger partial charge in [0.05, 0.1) is 11.6 Å². The number of nitrogens with one attached hydrogen (secondary N) is 1. The lowest BCUT2D eigenvalue weighted by Gasteiger charge is -2.16. The molecule has 5 heteroatoms. The summed E-state index contributed by atoms with van der Waals surface area (Å²) in [6.07, 6.45) is 1.62. The number of halogens is 1. The average molecular weight is 341 g/mol. The number of hydrogen-bond donors (Lipinski definition) is 1. The number of fused-ring (bicyclic) bond motifs is 1. The van der Waals surface area contributed by atoms with Crippen molar-refractivity contribution in [3.05, 3.63) is 81.6 Å².